The maximum Gasteiger partial charge on any atom is 0.250 e. The molecule has 2 atom stereocenters. The molecule has 0 radical (unpaired) electrons. The number of rotatable bonds is 2. The molecule has 0 saturated carbocycles. The van der Waals surface area contributed by atoms with Crippen molar-refractivity contribution in [3.8, 4) is 11.5 Å². The molecule has 0 spiro atoms. The number of aryl methyl sites for hydroxylation is 1. The van der Waals surface area contributed by atoms with Crippen LogP contribution in [-0.4, -0.2) is 41.1 Å². The number of para-hydroxylation sites is 1. The fourth-order valence-electron chi connectivity index (χ4n) is 5.71. The van der Waals surface area contributed by atoms with E-state index < -0.39 is 12.1 Å². The van der Waals surface area contributed by atoms with Gasteiger partial charge >= 0.3 is 0 Å². The van der Waals surface area contributed by atoms with Crippen molar-refractivity contribution in [2.75, 3.05) is 18.2 Å². The van der Waals surface area contributed by atoms with Crippen LogP contribution >= 0.6 is 0 Å². The number of aromatic amines is 1. The molecular formula is C28H23N3O4. The number of aromatic nitrogens is 1. The predicted octanol–water partition coefficient (Wildman–Crippen LogP) is 4.09. The van der Waals surface area contributed by atoms with Crippen LogP contribution in [0.5, 0.6) is 11.5 Å². The van der Waals surface area contributed by atoms with Crippen molar-refractivity contribution in [3.05, 3.63) is 89.1 Å². The van der Waals surface area contributed by atoms with E-state index in [1.54, 1.807) is 9.80 Å². The summed E-state index contributed by atoms with van der Waals surface area (Å²) in [5, 5.41) is 1.08. The van der Waals surface area contributed by atoms with Gasteiger partial charge in [0.15, 0.2) is 11.5 Å². The molecule has 3 aliphatic rings. The van der Waals surface area contributed by atoms with Crippen LogP contribution in [0.25, 0.3) is 10.9 Å². The number of carbonyl (C=O) groups excluding carboxylic acids is 2. The largest absolute Gasteiger partial charge is 0.454 e. The molecule has 7 heteroatoms. The molecule has 174 valence electrons. The zero-order valence-electron chi connectivity index (χ0n) is 19.2. The van der Waals surface area contributed by atoms with Crippen LogP contribution in [0.4, 0.5) is 5.69 Å². The summed E-state index contributed by atoms with van der Waals surface area (Å²) >= 11 is 0. The average molecular weight is 466 g/mol. The van der Waals surface area contributed by atoms with Gasteiger partial charge < -0.3 is 24.3 Å². The Balaban J connectivity index is 1.40. The molecule has 3 aliphatic heterocycles. The molecular weight excluding hydrogens is 442 g/mol. The lowest BCUT2D eigenvalue weighted by atomic mass is 9.86. The van der Waals surface area contributed by atoms with Crippen LogP contribution in [0, 0.1) is 6.92 Å². The van der Waals surface area contributed by atoms with Crippen molar-refractivity contribution in [3.63, 3.8) is 0 Å². The third kappa shape index (κ3) is 2.97. The van der Waals surface area contributed by atoms with Gasteiger partial charge in [-0.25, -0.2) is 0 Å². The van der Waals surface area contributed by atoms with E-state index in [9.17, 15) is 9.59 Å². The molecule has 1 fully saturated rings. The number of amides is 2. The minimum atomic E-state index is -0.598. The van der Waals surface area contributed by atoms with Gasteiger partial charge in [0.1, 0.15) is 12.6 Å². The number of benzene rings is 3. The summed E-state index contributed by atoms with van der Waals surface area (Å²) in [6, 6.07) is 20.6. The molecule has 2 amide bonds. The van der Waals surface area contributed by atoms with Gasteiger partial charge in [-0.1, -0.05) is 36.4 Å². The van der Waals surface area contributed by atoms with Crippen molar-refractivity contribution in [2.45, 2.75) is 25.4 Å². The summed E-state index contributed by atoms with van der Waals surface area (Å²) in [6.07, 6.45) is 0.466. The van der Waals surface area contributed by atoms with Crippen LogP contribution in [0.1, 0.15) is 28.4 Å². The summed E-state index contributed by atoms with van der Waals surface area (Å²) in [5.41, 5.74) is 5.72. The van der Waals surface area contributed by atoms with Gasteiger partial charge in [-0.3, -0.25) is 9.59 Å². The van der Waals surface area contributed by atoms with E-state index in [2.05, 4.69) is 11.1 Å². The SMILES string of the molecule is Cc1cccc(N2CC(=O)N3[C@H](c4ccc5c(c4)OCO5)c4[nH]c5ccccc5c4C[C@@H]3C2=O)c1. The number of hydrogen-bond acceptors (Lipinski definition) is 4. The number of H-pyrrole nitrogens is 1. The van der Waals surface area contributed by atoms with Crippen LogP contribution in [0.15, 0.2) is 66.7 Å². The van der Waals surface area contributed by atoms with E-state index in [4.69, 9.17) is 9.47 Å². The highest BCUT2D eigenvalue weighted by Crippen LogP contribution is 2.45. The maximum absolute atomic E-state index is 13.9. The van der Waals surface area contributed by atoms with Crippen LogP contribution in [0.2, 0.25) is 0 Å². The molecule has 4 heterocycles. The molecule has 35 heavy (non-hydrogen) atoms. The number of nitrogens with zero attached hydrogens (tertiary/aromatic N) is 2. The first-order chi connectivity index (χ1) is 17.1. The Hall–Kier alpha value is -4.26. The number of nitrogens with one attached hydrogen (secondary N) is 1. The van der Waals surface area contributed by atoms with E-state index in [0.717, 1.165) is 39.0 Å². The molecule has 0 unspecified atom stereocenters. The van der Waals surface area contributed by atoms with Gasteiger partial charge in [-0.05, 0) is 53.9 Å². The second-order valence-electron chi connectivity index (χ2n) is 9.36. The summed E-state index contributed by atoms with van der Waals surface area (Å²) < 4.78 is 11.1. The average Bonchev–Trinajstić information content (AvgIpc) is 3.49. The zero-order chi connectivity index (χ0) is 23.7. The smallest absolute Gasteiger partial charge is 0.250 e. The highest BCUT2D eigenvalue weighted by molar-refractivity contribution is 6.07. The Morgan fingerprint density at radius 1 is 0.943 bits per heavy atom. The van der Waals surface area contributed by atoms with Gasteiger partial charge in [0.05, 0.1) is 6.04 Å². The number of fused-ring (bicyclic) bond motifs is 5. The van der Waals surface area contributed by atoms with E-state index in [0.29, 0.717) is 17.9 Å². The highest BCUT2D eigenvalue weighted by atomic mass is 16.7. The van der Waals surface area contributed by atoms with Gasteiger partial charge in [0, 0.05) is 28.7 Å². The molecule has 0 aliphatic carbocycles. The summed E-state index contributed by atoms with van der Waals surface area (Å²) in [4.78, 5) is 34.6. The van der Waals surface area contributed by atoms with Gasteiger partial charge in [0.2, 0.25) is 12.7 Å². The minimum absolute atomic E-state index is 0.00933. The van der Waals surface area contributed by atoms with E-state index in [-0.39, 0.29) is 25.2 Å². The molecule has 3 aromatic carbocycles. The van der Waals surface area contributed by atoms with Gasteiger partial charge in [-0.15, -0.1) is 0 Å². The van der Waals surface area contributed by atoms with Crippen molar-refractivity contribution in [1.29, 1.82) is 0 Å². The normalized spacial score (nSPS) is 20.8. The third-order valence-corrected chi connectivity index (χ3v) is 7.29. The van der Waals surface area contributed by atoms with Crippen LogP contribution in [-0.2, 0) is 16.0 Å². The Morgan fingerprint density at radius 2 is 1.80 bits per heavy atom. The van der Waals surface area contributed by atoms with Gasteiger partial charge in [0.25, 0.3) is 5.91 Å². The summed E-state index contributed by atoms with van der Waals surface area (Å²) in [7, 11) is 0. The lowest BCUT2D eigenvalue weighted by Gasteiger charge is -2.47. The Kier molecular flexibility index (Phi) is 4.24. The number of carbonyl (C=O) groups is 2. The van der Waals surface area contributed by atoms with Gasteiger partial charge in [-0.2, -0.15) is 0 Å². The first-order valence-corrected chi connectivity index (χ1v) is 11.8. The maximum atomic E-state index is 13.9. The van der Waals surface area contributed by atoms with Crippen molar-refractivity contribution in [2.24, 2.45) is 0 Å². The van der Waals surface area contributed by atoms with E-state index >= 15 is 0 Å². The zero-order valence-corrected chi connectivity index (χ0v) is 19.2. The first kappa shape index (κ1) is 20.1. The lowest BCUT2D eigenvalue weighted by molar-refractivity contribution is -0.145. The molecule has 7 rings (SSSR count). The van der Waals surface area contributed by atoms with Crippen molar-refractivity contribution in [1.82, 2.24) is 9.88 Å². The Bertz CT molecular complexity index is 1520. The highest BCUT2D eigenvalue weighted by Gasteiger charge is 2.48. The molecule has 1 aromatic heterocycles. The first-order valence-electron chi connectivity index (χ1n) is 11.8. The topological polar surface area (TPSA) is 74.9 Å². The number of ether oxygens (including phenoxy) is 2. The monoisotopic (exact) mass is 465 g/mol. The fraction of sp³-hybridized carbons (Fsp3) is 0.214. The molecule has 1 N–H and O–H groups in total. The number of hydrogen-bond donors (Lipinski definition) is 1. The summed E-state index contributed by atoms with van der Waals surface area (Å²) in [6.45, 7) is 2.17. The van der Waals surface area contributed by atoms with E-state index in [1.807, 2.05) is 67.6 Å². The summed E-state index contributed by atoms with van der Waals surface area (Å²) in [5.74, 6) is 1.20. The standard InChI is InChI=1S/C28H23N3O4/c1-16-5-4-6-18(11-16)30-14-25(32)31-22(28(30)33)13-20-19-7-2-3-8-21(19)29-26(20)27(31)17-9-10-23-24(12-17)35-15-34-23/h2-12,22,27,29H,13-15H2,1H3/t22-,27-/m1/s1. The molecule has 0 bridgehead atoms. The fourth-order valence-corrected chi connectivity index (χ4v) is 5.71. The van der Waals surface area contributed by atoms with Crippen molar-refractivity contribution >= 4 is 28.4 Å². The molecule has 1 saturated heterocycles. The second kappa shape index (κ2) is 7.37. The van der Waals surface area contributed by atoms with Crippen molar-refractivity contribution < 1.29 is 19.1 Å². The Morgan fingerprint density at radius 3 is 2.69 bits per heavy atom. The molecule has 7 nitrogen and oxygen atoms in total. The van der Waals surface area contributed by atoms with Crippen LogP contribution in [0.3, 0.4) is 0 Å². The number of piperazine rings is 1. The Labute approximate surface area is 201 Å². The number of anilines is 1. The van der Waals surface area contributed by atoms with E-state index in [1.165, 1.54) is 0 Å². The van der Waals surface area contributed by atoms with Crippen LogP contribution < -0.4 is 14.4 Å². The predicted molar refractivity (Wildman–Crippen MR) is 131 cm³/mol. The minimum Gasteiger partial charge on any atom is -0.454 e. The lowest BCUT2D eigenvalue weighted by Crippen LogP contribution is -2.63. The third-order valence-electron chi connectivity index (χ3n) is 7.29. The quantitative estimate of drug-likeness (QED) is 0.484. The molecule has 4 aromatic rings. The second-order valence-corrected chi connectivity index (χ2v) is 9.36.